The van der Waals surface area contributed by atoms with Crippen molar-refractivity contribution in [3.05, 3.63) is 23.8 Å². The van der Waals surface area contributed by atoms with Gasteiger partial charge < -0.3 is 4.74 Å². The van der Waals surface area contributed by atoms with Gasteiger partial charge in [0.25, 0.3) is 0 Å². The topological polar surface area (TPSA) is 26.3 Å². The summed E-state index contributed by atoms with van der Waals surface area (Å²) in [6.45, 7) is 6.86. The van der Waals surface area contributed by atoms with Gasteiger partial charge >= 0.3 is 5.97 Å². The fraction of sp³-hybridized carbons (Fsp3) is 0.773. The Bertz CT molecular complexity index is 589. The van der Waals surface area contributed by atoms with Crippen LogP contribution in [-0.2, 0) is 9.53 Å². The summed E-state index contributed by atoms with van der Waals surface area (Å²) in [7, 11) is 0. The smallest absolute Gasteiger partial charge is 0.305 e. The molecule has 0 aromatic heterocycles. The van der Waals surface area contributed by atoms with E-state index >= 15 is 0 Å². The number of carbonyl (C=O) groups is 1. The first kappa shape index (κ1) is 16.4. The van der Waals surface area contributed by atoms with Gasteiger partial charge in [-0.1, -0.05) is 51.0 Å². The average Bonchev–Trinajstić information content (AvgIpc) is 2.96. The molecule has 0 radical (unpaired) electrons. The molecule has 0 unspecified atom stereocenters. The maximum atomic E-state index is 12.1. The lowest BCUT2D eigenvalue weighted by molar-refractivity contribution is -0.164. The Morgan fingerprint density at radius 1 is 1.25 bits per heavy atom. The number of ether oxygens (including phenoxy) is 1. The first-order valence-electron chi connectivity index (χ1n) is 10.0. The molecule has 0 aromatic carbocycles. The molecular formula is C22H32O2. The van der Waals surface area contributed by atoms with E-state index in [1.165, 1.54) is 37.7 Å². The number of hydrogen-bond acceptors (Lipinski definition) is 2. The minimum absolute atomic E-state index is 0.0143. The van der Waals surface area contributed by atoms with Crippen LogP contribution in [0.25, 0.3) is 0 Å². The van der Waals surface area contributed by atoms with Crippen molar-refractivity contribution in [3.63, 3.8) is 0 Å². The van der Waals surface area contributed by atoms with Gasteiger partial charge in [0.2, 0.25) is 0 Å². The van der Waals surface area contributed by atoms with Crippen LogP contribution < -0.4 is 0 Å². The highest BCUT2D eigenvalue weighted by atomic mass is 16.5. The molecule has 0 bridgehead atoms. The van der Waals surface area contributed by atoms with Gasteiger partial charge in [-0.25, -0.2) is 0 Å². The molecule has 132 valence electrons. The molecule has 0 N–H and O–H groups in total. The predicted molar refractivity (Wildman–Crippen MR) is 96.4 cm³/mol. The molecule has 2 heteroatoms. The lowest BCUT2D eigenvalue weighted by Gasteiger charge is -2.58. The molecule has 4 rings (SSSR count). The first-order valence-corrected chi connectivity index (χ1v) is 10.0. The molecule has 0 heterocycles. The fourth-order valence-electron chi connectivity index (χ4n) is 6.64. The molecule has 0 amide bonds. The lowest BCUT2D eigenvalue weighted by Crippen LogP contribution is -2.54. The Morgan fingerprint density at radius 2 is 2.08 bits per heavy atom. The summed E-state index contributed by atoms with van der Waals surface area (Å²) in [5.41, 5.74) is 2.21. The Hall–Kier alpha value is -1.05. The summed E-state index contributed by atoms with van der Waals surface area (Å²) < 4.78 is 6.05. The molecule has 0 spiro atoms. The third-order valence-corrected chi connectivity index (χ3v) is 7.96. The molecule has 3 fully saturated rings. The van der Waals surface area contributed by atoms with Gasteiger partial charge in [0.15, 0.2) is 0 Å². The number of allylic oxidation sites excluding steroid dienone is 3. The molecule has 24 heavy (non-hydrogen) atoms. The van der Waals surface area contributed by atoms with Crippen LogP contribution in [0.5, 0.6) is 0 Å². The van der Waals surface area contributed by atoms with E-state index in [4.69, 9.17) is 4.74 Å². The average molecular weight is 328 g/mol. The number of rotatable bonds is 2. The van der Waals surface area contributed by atoms with Crippen molar-refractivity contribution >= 4 is 5.97 Å². The van der Waals surface area contributed by atoms with Crippen LogP contribution in [0, 0.1) is 28.6 Å². The highest BCUT2D eigenvalue weighted by Crippen LogP contribution is 2.64. The predicted octanol–water partition coefficient (Wildman–Crippen LogP) is 5.44. The van der Waals surface area contributed by atoms with E-state index < -0.39 is 0 Å². The second-order valence-electron chi connectivity index (χ2n) is 9.11. The number of carbonyl (C=O) groups excluding carboxylic acids is 1. The second kappa shape index (κ2) is 5.75. The zero-order valence-corrected chi connectivity index (χ0v) is 15.5. The summed E-state index contributed by atoms with van der Waals surface area (Å²) in [6.07, 6.45) is 16.5. The van der Waals surface area contributed by atoms with Gasteiger partial charge in [-0.2, -0.15) is 0 Å². The normalized spacial score (nSPS) is 46.5. The van der Waals surface area contributed by atoms with Crippen molar-refractivity contribution in [1.29, 1.82) is 0 Å². The summed E-state index contributed by atoms with van der Waals surface area (Å²) in [6, 6.07) is 0. The minimum Gasteiger partial charge on any atom is -0.462 e. The fourth-order valence-corrected chi connectivity index (χ4v) is 6.64. The molecule has 0 aliphatic heterocycles. The maximum Gasteiger partial charge on any atom is 0.305 e. The van der Waals surface area contributed by atoms with Crippen LogP contribution in [0.3, 0.4) is 0 Å². The van der Waals surface area contributed by atoms with E-state index in [-0.39, 0.29) is 17.5 Å². The van der Waals surface area contributed by atoms with Crippen molar-refractivity contribution in [1.82, 2.24) is 0 Å². The van der Waals surface area contributed by atoms with Gasteiger partial charge in [0.1, 0.15) is 6.10 Å². The molecule has 0 saturated heterocycles. The summed E-state index contributed by atoms with van der Waals surface area (Å²) >= 11 is 0. The number of hydrogen-bond donors (Lipinski definition) is 0. The van der Waals surface area contributed by atoms with Crippen LogP contribution in [0.2, 0.25) is 0 Å². The SMILES string of the molecule is CCC(=O)O[C@@H]1CC2=CCC=C[C@]2(C)[C@H]2CC[C@]3(C)CCC[C@H]3[C@H]12. The van der Waals surface area contributed by atoms with E-state index in [2.05, 4.69) is 32.1 Å². The largest absolute Gasteiger partial charge is 0.462 e. The van der Waals surface area contributed by atoms with E-state index in [0.29, 0.717) is 23.7 Å². The third-order valence-electron chi connectivity index (χ3n) is 7.96. The zero-order valence-electron chi connectivity index (χ0n) is 15.5. The second-order valence-corrected chi connectivity index (χ2v) is 9.11. The van der Waals surface area contributed by atoms with E-state index in [1.807, 2.05) is 6.92 Å². The van der Waals surface area contributed by atoms with Crippen molar-refractivity contribution in [2.75, 3.05) is 0 Å². The van der Waals surface area contributed by atoms with E-state index in [9.17, 15) is 4.79 Å². The van der Waals surface area contributed by atoms with Gasteiger partial charge in [0, 0.05) is 24.2 Å². The van der Waals surface area contributed by atoms with Crippen LogP contribution in [0.4, 0.5) is 0 Å². The monoisotopic (exact) mass is 328 g/mol. The van der Waals surface area contributed by atoms with Gasteiger partial charge in [-0.05, 0) is 49.4 Å². The van der Waals surface area contributed by atoms with Crippen LogP contribution in [-0.4, -0.2) is 12.1 Å². The van der Waals surface area contributed by atoms with E-state index in [0.717, 1.165) is 18.8 Å². The number of esters is 1. The zero-order chi connectivity index (χ0) is 16.9. The highest BCUT2D eigenvalue weighted by Gasteiger charge is 2.59. The Kier molecular flexibility index (Phi) is 3.93. The van der Waals surface area contributed by atoms with Gasteiger partial charge in [-0.3, -0.25) is 4.79 Å². The Labute approximate surface area is 146 Å². The molecule has 0 aromatic rings. The number of fused-ring (bicyclic) bond motifs is 5. The van der Waals surface area contributed by atoms with Gasteiger partial charge in [-0.15, -0.1) is 0 Å². The first-order chi connectivity index (χ1) is 11.5. The van der Waals surface area contributed by atoms with Crippen LogP contribution in [0.15, 0.2) is 23.8 Å². The lowest BCUT2D eigenvalue weighted by atomic mass is 9.48. The molecular weight excluding hydrogens is 296 g/mol. The van der Waals surface area contributed by atoms with Crippen molar-refractivity contribution < 1.29 is 9.53 Å². The molecule has 3 saturated carbocycles. The molecule has 4 aliphatic carbocycles. The van der Waals surface area contributed by atoms with Crippen molar-refractivity contribution in [3.8, 4) is 0 Å². The Morgan fingerprint density at radius 3 is 2.88 bits per heavy atom. The maximum absolute atomic E-state index is 12.1. The Balaban J connectivity index is 1.73. The molecule has 2 nitrogen and oxygen atoms in total. The van der Waals surface area contributed by atoms with Crippen molar-refractivity contribution in [2.24, 2.45) is 28.6 Å². The molecule has 6 atom stereocenters. The summed E-state index contributed by atoms with van der Waals surface area (Å²) in [5, 5.41) is 0. The highest BCUT2D eigenvalue weighted by molar-refractivity contribution is 5.69. The quantitative estimate of drug-likeness (QED) is 0.498. The van der Waals surface area contributed by atoms with E-state index in [1.54, 1.807) is 0 Å². The third kappa shape index (κ3) is 2.32. The summed E-state index contributed by atoms with van der Waals surface area (Å²) in [4.78, 5) is 12.1. The minimum atomic E-state index is -0.0143. The van der Waals surface area contributed by atoms with Crippen molar-refractivity contribution in [2.45, 2.75) is 78.2 Å². The van der Waals surface area contributed by atoms with Gasteiger partial charge in [0.05, 0.1) is 0 Å². The summed E-state index contributed by atoms with van der Waals surface area (Å²) in [5.74, 6) is 1.91. The van der Waals surface area contributed by atoms with Crippen LogP contribution >= 0.6 is 0 Å². The standard InChI is InChI=1S/C22H32O2/c1-4-19(23)24-18-14-15-8-5-6-12-22(15,3)17-10-13-21(2)11-7-9-16(21)20(17)18/h6,8,12,16-18,20H,4-5,7,9-11,13-14H2,1-3H3/t16-,17-,18+,20-,21-,22-/m0/s1. The molecule has 4 aliphatic rings. The van der Waals surface area contributed by atoms with Crippen LogP contribution in [0.1, 0.15) is 72.1 Å².